The third kappa shape index (κ3) is 3.12. The van der Waals surface area contributed by atoms with Gasteiger partial charge in [-0.1, -0.05) is 0 Å². The van der Waals surface area contributed by atoms with Gasteiger partial charge in [-0.3, -0.25) is 4.79 Å². The molecule has 0 amide bonds. The highest BCUT2D eigenvalue weighted by Gasteiger charge is 2.08. The van der Waals surface area contributed by atoms with Crippen LogP contribution in [0.4, 0.5) is 8.78 Å². The number of rotatable bonds is 5. The fourth-order valence-corrected chi connectivity index (χ4v) is 1.67. The molecule has 0 spiro atoms. The van der Waals surface area contributed by atoms with E-state index in [0.717, 1.165) is 18.2 Å². The van der Waals surface area contributed by atoms with Crippen molar-refractivity contribution in [2.24, 2.45) is 0 Å². The zero-order valence-corrected chi connectivity index (χ0v) is 10.7. The summed E-state index contributed by atoms with van der Waals surface area (Å²) in [4.78, 5) is 10.9. The van der Waals surface area contributed by atoms with Gasteiger partial charge in [0.2, 0.25) is 0 Å². The van der Waals surface area contributed by atoms with Crippen molar-refractivity contribution in [3.63, 3.8) is 0 Å². The van der Waals surface area contributed by atoms with E-state index in [1.54, 1.807) is 6.07 Å². The first kappa shape index (κ1) is 14.0. The highest BCUT2D eigenvalue weighted by molar-refractivity contribution is 5.79. The summed E-state index contributed by atoms with van der Waals surface area (Å²) in [6.07, 6.45) is 0.622. The molecule has 0 bridgehead atoms. The zero-order valence-electron chi connectivity index (χ0n) is 10.7. The van der Waals surface area contributed by atoms with Gasteiger partial charge >= 0.3 is 0 Å². The van der Waals surface area contributed by atoms with Gasteiger partial charge < -0.3 is 9.47 Å². The maximum absolute atomic E-state index is 13.5. The second-order valence-electron chi connectivity index (χ2n) is 4.05. The number of benzene rings is 2. The molecule has 0 saturated carbocycles. The molecule has 0 fully saturated rings. The average molecular weight is 278 g/mol. The number of ether oxygens (including phenoxy) is 2. The van der Waals surface area contributed by atoms with Crippen LogP contribution in [-0.2, 0) is 6.61 Å². The summed E-state index contributed by atoms with van der Waals surface area (Å²) in [7, 11) is 1.48. The molecule has 2 aromatic carbocycles. The number of hydrogen-bond donors (Lipinski definition) is 0. The van der Waals surface area contributed by atoms with Gasteiger partial charge in [0.05, 0.1) is 12.7 Å². The van der Waals surface area contributed by atoms with Gasteiger partial charge in [-0.2, -0.15) is 0 Å². The topological polar surface area (TPSA) is 35.5 Å². The molecule has 0 atom stereocenters. The first-order valence-corrected chi connectivity index (χ1v) is 5.84. The second-order valence-corrected chi connectivity index (χ2v) is 4.05. The predicted molar refractivity (Wildman–Crippen MR) is 69.1 cm³/mol. The van der Waals surface area contributed by atoms with Crippen molar-refractivity contribution in [2.75, 3.05) is 7.11 Å². The Morgan fingerprint density at radius 2 is 1.95 bits per heavy atom. The Morgan fingerprint density at radius 3 is 2.65 bits per heavy atom. The Balaban J connectivity index is 2.21. The largest absolute Gasteiger partial charge is 0.497 e. The third-order valence-electron chi connectivity index (χ3n) is 2.74. The zero-order chi connectivity index (χ0) is 14.5. The van der Waals surface area contributed by atoms with Crippen LogP contribution < -0.4 is 9.47 Å². The maximum Gasteiger partial charge on any atom is 0.153 e. The summed E-state index contributed by atoms with van der Waals surface area (Å²) in [6, 6.07) is 7.76. The van der Waals surface area contributed by atoms with Crippen molar-refractivity contribution in [1.29, 1.82) is 0 Å². The quantitative estimate of drug-likeness (QED) is 0.787. The van der Waals surface area contributed by atoms with E-state index < -0.39 is 11.6 Å². The molecule has 0 radical (unpaired) electrons. The summed E-state index contributed by atoms with van der Waals surface area (Å²) in [5, 5.41) is 0. The molecular formula is C15H12F2O3. The van der Waals surface area contributed by atoms with Crippen molar-refractivity contribution in [2.45, 2.75) is 6.61 Å². The molecule has 104 valence electrons. The van der Waals surface area contributed by atoms with Crippen LogP contribution in [0, 0.1) is 11.6 Å². The minimum absolute atomic E-state index is 0.0738. The van der Waals surface area contributed by atoms with E-state index in [1.165, 1.54) is 19.2 Å². The summed E-state index contributed by atoms with van der Waals surface area (Å²) < 4.78 is 36.9. The number of hydrogen-bond acceptors (Lipinski definition) is 3. The molecule has 2 rings (SSSR count). The molecule has 20 heavy (non-hydrogen) atoms. The Bertz CT molecular complexity index is 627. The fraction of sp³-hybridized carbons (Fsp3) is 0.133. The van der Waals surface area contributed by atoms with Gasteiger partial charge in [0.15, 0.2) is 6.29 Å². The molecule has 2 aromatic rings. The van der Waals surface area contributed by atoms with E-state index in [-0.39, 0.29) is 17.9 Å². The normalized spacial score (nSPS) is 10.2. The highest BCUT2D eigenvalue weighted by Crippen LogP contribution is 2.25. The lowest BCUT2D eigenvalue weighted by atomic mass is 10.2. The molecular weight excluding hydrogens is 266 g/mol. The number of aldehydes is 1. The fourth-order valence-electron chi connectivity index (χ4n) is 1.67. The molecule has 0 N–H and O–H groups in total. The SMILES string of the molecule is COc1ccc(C=O)c(OCc2cc(F)ccc2F)c1. The summed E-state index contributed by atoms with van der Waals surface area (Å²) in [5.74, 6) is -0.360. The number of halogens is 2. The van der Waals surface area contributed by atoms with Gasteiger partial charge in [-0.15, -0.1) is 0 Å². The smallest absolute Gasteiger partial charge is 0.153 e. The molecule has 0 aliphatic rings. The van der Waals surface area contributed by atoms with Gasteiger partial charge in [-0.05, 0) is 30.3 Å². The molecule has 3 nitrogen and oxygen atoms in total. The van der Waals surface area contributed by atoms with E-state index in [1.807, 2.05) is 0 Å². The lowest BCUT2D eigenvalue weighted by Gasteiger charge is -2.10. The predicted octanol–water partition coefficient (Wildman–Crippen LogP) is 3.36. The standard InChI is InChI=1S/C15H12F2O3/c1-19-13-4-2-10(8-18)15(7-13)20-9-11-6-12(16)3-5-14(11)17/h2-8H,9H2,1H3. The number of carbonyl (C=O) groups excluding carboxylic acids is 1. The average Bonchev–Trinajstić information content (AvgIpc) is 2.47. The van der Waals surface area contributed by atoms with Crippen LogP contribution in [0.25, 0.3) is 0 Å². The summed E-state index contributed by atoms with van der Waals surface area (Å²) >= 11 is 0. The molecule has 0 heterocycles. The van der Waals surface area contributed by atoms with Crippen LogP contribution in [0.1, 0.15) is 15.9 Å². The molecule has 0 aliphatic heterocycles. The minimum atomic E-state index is -0.568. The minimum Gasteiger partial charge on any atom is -0.497 e. The summed E-state index contributed by atoms with van der Waals surface area (Å²) in [5.41, 5.74) is 0.382. The molecule has 0 aliphatic carbocycles. The van der Waals surface area contributed by atoms with Crippen LogP contribution >= 0.6 is 0 Å². The lowest BCUT2D eigenvalue weighted by molar-refractivity contribution is 0.111. The van der Waals surface area contributed by atoms with Gasteiger partial charge in [-0.25, -0.2) is 8.78 Å². The van der Waals surface area contributed by atoms with Crippen LogP contribution in [0.2, 0.25) is 0 Å². The lowest BCUT2D eigenvalue weighted by Crippen LogP contribution is -2.01. The summed E-state index contributed by atoms with van der Waals surface area (Å²) in [6.45, 7) is -0.183. The van der Waals surface area contributed by atoms with Gasteiger partial charge in [0.25, 0.3) is 0 Å². The van der Waals surface area contributed by atoms with Gasteiger partial charge in [0, 0.05) is 11.6 Å². The van der Waals surface area contributed by atoms with Crippen LogP contribution in [0.3, 0.4) is 0 Å². The molecule has 0 saturated heterocycles. The van der Waals surface area contributed by atoms with Crippen LogP contribution in [-0.4, -0.2) is 13.4 Å². The Kier molecular flexibility index (Phi) is 4.30. The van der Waals surface area contributed by atoms with E-state index in [4.69, 9.17) is 9.47 Å². The number of carbonyl (C=O) groups is 1. The van der Waals surface area contributed by atoms with Crippen molar-refractivity contribution < 1.29 is 23.0 Å². The van der Waals surface area contributed by atoms with E-state index in [0.29, 0.717) is 17.6 Å². The molecule has 0 aromatic heterocycles. The molecule has 5 heteroatoms. The van der Waals surface area contributed by atoms with E-state index in [9.17, 15) is 13.6 Å². The van der Waals surface area contributed by atoms with E-state index in [2.05, 4.69) is 0 Å². The first-order valence-electron chi connectivity index (χ1n) is 5.84. The van der Waals surface area contributed by atoms with Crippen molar-refractivity contribution in [1.82, 2.24) is 0 Å². The van der Waals surface area contributed by atoms with Crippen molar-refractivity contribution in [3.05, 3.63) is 59.2 Å². The van der Waals surface area contributed by atoms with E-state index >= 15 is 0 Å². The number of methoxy groups -OCH3 is 1. The first-order chi connectivity index (χ1) is 9.63. The van der Waals surface area contributed by atoms with Crippen LogP contribution in [0.15, 0.2) is 36.4 Å². The van der Waals surface area contributed by atoms with Crippen molar-refractivity contribution >= 4 is 6.29 Å². The highest BCUT2D eigenvalue weighted by atomic mass is 19.1. The molecule has 0 unspecified atom stereocenters. The Labute approximate surface area is 114 Å². The maximum atomic E-state index is 13.5. The Morgan fingerprint density at radius 1 is 1.15 bits per heavy atom. The second kappa shape index (κ2) is 6.14. The van der Waals surface area contributed by atoms with Gasteiger partial charge in [0.1, 0.15) is 29.7 Å². The van der Waals surface area contributed by atoms with Crippen LogP contribution in [0.5, 0.6) is 11.5 Å². The Hall–Kier alpha value is -2.43. The van der Waals surface area contributed by atoms with Crippen molar-refractivity contribution in [3.8, 4) is 11.5 Å². The third-order valence-corrected chi connectivity index (χ3v) is 2.74. The monoisotopic (exact) mass is 278 g/mol.